The fraction of sp³-hybridized carbons (Fsp3) is 1.00. The van der Waals surface area contributed by atoms with Crippen molar-refractivity contribution < 1.29 is 0 Å². The van der Waals surface area contributed by atoms with Gasteiger partial charge in [-0.25, -0.2) is 9.34 Å². The lowest BCUT2D eigenvalue weighted by Crippen LogP contribution is -2.40. The maximum atomic E-state index is 5.05. The van der Waals surface area contributed by atoms with Gasteiger partial charge in [-0.05, 0) is 41.0 Å². The van der Waals surface area contributed by atoms with Crippen LogP contribution in [0.3, 0.4) is 0 Å². The molecule has 0 radical (unpaired) electrons. The van der Waals surface area contributed by atoms with Gasteiger partial charge in [-0.1, -0.05) is 13.3 Å². The topological polar surface area (TPSA) is 22.1 Å². The lowest BCUT2D eigenvalue weighted by Gasteiger charge is -2.47. The van der Waals surface area contributed by atoms with Crippen LogP contribution in [0.5, 0.6) is 0 Å². The summed E-state index contributed by atoms with van der Waals surface area (Å²) in [5, 5.41) is 0. The molecule has 1 aliphatic rings. The Kier molecular flexibility index (Phi) is 5.45. The van der Waals surface area contributed by atoms with Crippen LogP contribution in [0.1, 0.15) is 26.2 Å². The SMILES string of the molecule is CCCCN=P1(N(C)C)N(C)CCCN1C. The van der Waals surface area contributed by atoms with Crippen LogP contribution >= 0.6 is 7.51 Å². The lowest BCUT2D eigenvalue weighted by molar-refractivity contribution is 0.338. The molecule has 0 unspecified atom stereocenters. The predicted octanol–water partition coefficient (Wildman–Crippen LogP) is 2.56. The number of hydrogen-bond donors (Lipinski definition) is 0. The van der Waals surface area contributed by atoms with Gasteiger partial charge in [0.25, 0.3) is 0 Å². The van der Waals surface area contributed by atoms with Crippen LogP contribution in [-0.4, -0.2) is 61.8 Å². The van der Waals surface area contributed by atoms with Gasteiger partial charge in [-0.2, -0.15) is 0 Å². The summed E-state index contributed by atoms with van der Waals surface area (Å²) in [4.78, 5) is 0. The Balaban J connectivity index is 2.96. The van der Waals surface area contributed by atoms with E-state index in [9.17, 15) is 0 Å². The van der Waals surface area contributed by atoms with Gasteiger partial charge in [0.2, 0.25) is 0 Å². The summed E-state index contributed by atoms with van der Waals surface area (Å²) in [7, 11) is 7.23. The summed E-state index contributed by atoms with van der Waals surface area (Å²) >= 11 is 0. The molecule has 96 valence electrons. The van der Waals surface area contributed by atoms with E-state index in [0.717, 1.165) is 6.54 Å². The Morgan fingerprint density at radius 1 is 1.19 bits per heavy atom. The average molecular weight is 246 g/mol. The molecule has 1 fully saturated rings. The normalized spacial score (nSPS) is 22.6. The second-order valence-corrected chi connectivity index (χ2v) is 8.24. The molecule has 1 heterocycles. The fourth-order valence-corrected chi connectivity index (χ4v) is 6.03. The van der Waals surface area contributed by atoms with Crippen LogP contribution in [0.25, 0.3) is 0 Å². The zero-order valence-corrected chi connectivity index (χ0v) is 12.4. The van der Waals surface area contributed by atoms with Crippen molar-refractivity contribution in [2.45, 2.75) is 26.2 Å². The molecule has 0 spiro atoms. The van der Waals surface area contributed by atoms with Crippen LogP contribution in [0.15, 0.2) is 4.74 Å². The minimum atomic E-state index is -1.55. The summed E-state index contributed by atoms with van der Waals surface area (Å²) in [6, 6.07) is 0. The van der Waals surface area contributed by atoms with Gasteiger partial charge in [0.15, 0.2) is 7.51 Å². The Labute approximate surface area is 101 Å². The summed E-state index contributed by atoms with van der Waals surface area (Å²) in [6.07, 6.45) is 3.69. The molecule has 0 bridgehead atoms. The van der Waals surface area contributed by atoms with Crippen molar-refractivity contribution in [3.63, 3.8) is 0 Å². The molecule has 1 aliphatic heterocycles. The van der Waals surface area contributed by atoms with Crippen molar-refractivity contribution in [2.24, 2.45) is 4.74 Å². The van der Waals surface area contributed by atoms with E-state index in [4.69, 9.17) is 4.74 Å². The smallest absolute Gasteiger partial charge is 0.166 e. The third kappa shape index (κ3) is 2.67. The first-order valence-corrected chi connectivity index (χ1v) is 7.84. The molecule has 1 rings (SSSR count). The van der Waals surface area contributed by atoms with Gasteiger partial charge >= 0.3 is 0 Å². The van der Waals surface area contributed by atoms with E-state index >= 15 is 0 Å². The van der Waals surface area contributed by atoms with Gasteiger partial charge in [0.1, 0.15) is 0 Å². The second-order valence-electron chi connectivity index (χ2n) is 4.72. The zero-order valence-electron chi connectivity index (χ0n) is 11.5. The zero-order chi connectivity index (χ0) is 12.2. The standard InChI is InChI=1S/C11H27N4P/c1-6-7-9-12-16(13(2)3)14(4)10-8-11-15(16)5/h6-11H2,1-5H3. The molecule has 0 atom stereocenters. The third-order valence-electron chi connectivity index (χ3n) is 3.22. The first-order valence-electron chi connectivity index (χ1n) is 6.24. The first-order chi connectivity index (χ1) is 7.55. The van der Waals surface area contributed by atoms with Crippen molar-refractivity contribution in [2.75, 3.05) is 47.8 Å². The van der Waals surface area contributed by atoms with E-state index < -0.39 is 7.51 Å². The van der Waals surface area contributed by atoms with Gasteiger partial charge in [-0.15, -0.1) is 0 Å². The van der Waals surface area contributed by atoms with E-state index in [-0.39, 0.29) is 0 Å². The first kappa shape index (κ1) is 14.2. The molecular weight excluding hydrogens is 219 g/mol. The third-order valence-corrected chi connectivity index (χ3v) is 7.10. The molecule has 0 amide bonds. The predicted molar refractivity (Wildman–Crippen MR) is 72.7 cm³/mol. The minimum absolute atomic E-state index is 0.997. The van der Waals surface area contributed by atoms with Crippen LogP contribution in [0.4, 0.5) is 0 Å². The monoisotopic (exact) mass is 246 g/mol. The quantitative estimate of drug-likeness (QED) is 0.562. The lowest BCUT2D eigenvalue weighted by atomic mass is 10.3. The highest BCUT2D eigenvalue weighted by Crippen LogP contribution is 2.58. The summed E-state index contributed by atoms with van der Waals surface area (Å²) in [5.74, 6) is 0. The van der Waals surface area contributed by atoms with E-state index in [0.29, 0.717) is 0 Å². The van der Waals surface area contributed by atoms with Crippen LogP contribution in [0.2, 0.25) is 0 Å². The molecule has 0 aromatic heterocycles. The second kappa shape index (κ2) is 6.15. The maximum absolute atomic E-state index is 5.05. The van der Waals surface area contributed by atoms with Crippen molar-refractivity contribution in [1.29, 1.82) is 0 Å². The molecular formula is C11H27N4P. The van der Waals surface area contributed by atoms with E-state index in [1.54, 1.807) is 0 Å². The van der Waals surface area contributed by atoms with Crippen molar-refractivity contribution in [3.05, 3.63) is 0 Å². The van der Waals surface area contributed by atoms with Gasteiger partial charge in [0, 0.05) is 19.6 Å². The van der Waals surface area contributed by atoms with Crippen LogP contribution < -0.4 is 0 Å². The van der Waals surface area contributed by atoms with E-state index in [1.807, 2.05) is 0 Å². The Morgan fingerprint density at radius 3 is 2.19 bits per heavy atom. The fourth-order valence-electron chi connectivity index (χ4n) is 2.37. The molecule has 5 heteroatoms. The largest absolute Gasteiger partial charge is 0.261 e. The average Bonchev–Trinajstić information content (AvgIpc) is 2.22. The van der Waals surface area contributed by atoms with Crippen molar-refractivity contribution in [3.8, 4) is 0 Å². The number of hydrogen-bond acceptors (Lipinski definition) is 1. The molecule has 0 N–H and O–H groups in total. The summed E-state index contributed by atoms with van der Waals surface area (Å²) in [6.45, 7) is 5.57. The molecule has 0 saturated carbocycles. The molecule has 0 aromatic rings. The molecule has 4 nitrogen and oxygen atoms in total. The number of rotatable bonds is 4. The molecule has 0 aliphatic carbocycles. The van der Waals surface area contributed by atoms with Crippen LogP contribution in [-0.2, 0) is 0 Å². The molecule has 16 heavy (non-hydrogen) atoms. The van der Waals surface area contributed by atoms with Gasteiger partial charge in [-0.3, -0.25) is 9.42 Å². The van der Waals surface area contributed by atoms with Gasteiger partial charge < -0.3 is 0 Å². The summed E-state index contributed by atoms with van der Waals surface area (Å²) in [5.41, 5.74) is 0. The summed E-state index contributed by atoms with van der Waals surface area (Å²) < 4.78 is 12.3. The number of nitrogens with zero attached hydrogens (tertiary/aromatic N) is 4. The highest BCUT2D eigenvalue weighted by atomic mass is 31.2. The van der Waals surface area contributed by atoms with Crippen molar-refractivity contribution >= 4 is 7.51 Å². The Bertz CT molecular complexity index is 251. The maximum Gasteiger partial charge on any atom is 0.166 e. The van der Waals surface area contributed by atoms with Gasteiger partial charge in [0.05, 0.1) is 0 Å². The molecule has 1 saturated heterocycles. The Hall–Kier alpha value is 0.110. The highest BCUT2D eigenvalue weighted by molar-refractivity contribution is 7.59. The van der Waals surface area contributed by atoms with Crippen LogP contribution in [0, 0.1) is 0 Å². The molecule has 0 aromatic carbocycles. The van der Waals surface area contributed by atoms with E-state index in [2.05, 4.69) is 49.1 Å². The van der Waals surface area contributed by atoms with Crippen molar-refractivity contribution in [1.82, 2.24) is 14.0 Å². The highest BCUT2D eigenvalue weighted by Gasteiger charge is 2.34. The van der Waals surface area contributed by atoms with E-state index in [1.165, 1.54) is 32.4 Å². The number of unbranched alkanes of at least 4 members (excludes halogenated alkanes) is 1. The Morgan fingerprint density at radius 2 is 1.75 bits per heavy atom. The minimum Gasteiger partial charge on any atom is -0.261 e.